The molecule has 0 bridgehead atoms. The van der Waals surface area contributed by atoms with Crippen molar-refractivity contribution in [2.75, 3.05) is 5.32 Å². The van der Waals surface area contributed by atoms with E-state index in [1.165, 1.54) is 30.3 Å². The Balaban J connectivity index is 2.14. The molecule has 0 amide bonds. The molecule has 102 valence electrons. The van der Waals surface area contributed by atoms with Crippen LogP contribution in [0.15, 0.2) is 47.6 Å². The van der Waals surface area contributed by atoms with Gasteiger partial charge in [0.2, 0.25) is 0 Å². The van der Waals surface area contributed by atoms with Gasteiger partial charge in [0.25, 0.3) is 0 Å². The van der Waals surface area contributed by atoms with Crippen LogP contribution in [0.25, 0.3) is 0 Å². The summed E-state index contributed by atoms with van der Waals surface area (Å²) in [5.41, 5.74) is 1.50. The lowest BCUT2D eigenvalue weighted by Gasteiger charge is -2.09. The van der Waals surface area contributed by atoms with Crippen molar-refractivity contribution in [3.05, 3.63) is 58.5 Å². The normalized spacial score (nSPS) is 10.0. The van der Waals surface area contributed by atoms with Gasteiger partial charge in [-0.05, 0) is 41.6 Å². The van der Waals surface area contributed by atoms with Crippen LogP contribution < -0.4 is 5.32 Å². The lowest BCUT2D eigenvalue weighted by Crippen LogP contribution is -2.02. The Bertz CT molecular complexity index is 655. The summed E-state index contributed by atoms with van der Waals surface area (Å²) in [5.74, 6) is -0.970. The molecule has 0 atom stereocenters. The molecular formula is C14H12N2O4. The van der Waals surface area contributed by atoms with Crippen LogP contribution in [0.4, 0.5) is 11.4 Å². The van der Waals surface area contributed by atoms with Crippen molar-refractivity contribution in [1.29, 1.82) is 0 Å². The van der Waals surface area contributed by atoms with Crippen molar-refractivity contribution in [2.45, 2.75) is 6.54 Å². The molecule has 0 saturated heterocycles. The SMILES string of the molecule is O=Nc1ccc(O)c(CNc2cccc(C(=O)O)c2)c1. The first-order valence-corrected chi connectivity index (χ1v) is 5.82. The monoisotopic (exact) mass is 272 g/mol. The Labute approximate surface area is 114 Å². The van der Waals surface area contributed by atoms with Crippen LogP contribution in [0.2, 0.25) is 0 Å². The van der Waals surface area contributed by atoms with E-state index >= 15 is 0 Å². The highest BCUT2D eigenvalue weighted by atomic mass is 16.4. The molecule has 0 spiro atoms. The van der Waals surface area contributed by atoms with Gasteiger partial charge in [0.05, 0.1) is 5.56 Å². The first-order chi connectivity index (χ1) is 9.60. The molecule has 0 aliphatic heterocycles. The van der Waals surface area contributed by atoms with Crippen LogP contribution in [0.3, 0.4) is 0 Å². The predicted molar refractivity (Wildman–Crippen MR) is 74.3 cm³/mol. The Kier molecular flexibility index (Phi) is 3.95. The molecule has 0 saturated carbocycles. The number of phenolic OH excluding ortho intramolecular Hbond substituents is 1. The number of nitroso groups, excluding NO2 is 1. The number of anilines is 1. The highest BCUT2D eigenvalue weighted by molar-refractivity contribution is 5.88. The summed E-state index contributed by atoms with van der Waals surface area (Å²) in [4.78, 5) is 21.3. The minimum atomic E-state index is -1.01. The maximum absolute atomic E-state index is 10.9. The predicted octanol–water partition coefficient (Wildman–Crippen LogP) is 3.10. The van der Waals surface area contributed by atoms with Crippen LogP contribution in [-0.4, -0.2) is 16.2 Å². The van der Waals surface area contributed by atoms with Gasteiger partial charge in [-0.1, -0.05) is 6.07 Å². The van der Waals surface area contributed by atoms with Crippen LogP contribution in [-0.2, 0) is 6.54 Å². The number of nitrogens with zero attached hydrogens (tertiary/aromatic N) is 1. The van der Waals surface area contributed by atoms with Gasteiger partial charge in [0, 0.05) is 17.8 Å². The molecule has 0 aliphatic carbocycles. The van der Waals surface area contributed by atoms with E-state index in [9.17, 15) is 14.8 Å². The van der Waals surface area contributed by atoms with E-state index in [4.69, 9.17) is 5.11 Å². The van der Waals surface area contributed by atoms with Gasteiger partial charge in [-0.3, -0.25) is 0 Å². The van der Waals surface area contributed by atoms with E-state index in [0.717, 1.165) is 0 Å². The average molecular weight is 272 g/mol. The topological polar surface area (TPSA) is 99.0 Å². The number of hydrogen-bond acceptors (Lipinski definition) is 5. The zero-order chi connectivity index (χ0) is 14.5. The molecule has 6 heteroatoms. The van der Waals surface area contributed by atoms with Gasteiger partial charge >= 0.3 is 5.97 Å². The third-order valence-electron chi connectivity index (χ3n) is 2.76. The van der Waals surface area contributed by atoms with Gasteiger partial charge in [-0.15, -0.1) is 4.91 Å². The lowest BCUT2D eigenvalue weighted by molar-refractivity contribution is 0.0697. The third kappa shape index (κ3) is 3.11. The van der Waals surface area contributed by atoms with Crippen LogP contribution in [0, 0.1) is 4.91 Å². The fourth-order valence-electron chi connectivity index (χ4n) is 1.73. The minimum Gasteiger partial charge on any atom is -0.508 e. The smallest absolute Gasteiger partial charge is 0.335 e. The molecule has 0 aromatic heterocycles. The summed E-state index contributed by atoms with van der Waals surface area (Å²) in [7, 11) is 0. The molecule has 2 rings (SSSR count). The molecular weight excluding hydrogens is 260 g/mol. The second-order valence-electron chi connectivity index (χ2n) is 4.14. The molecule has 0 unspecified atom stereocenters. The molecule has 6 nitrogen and oxygen atoms in total. The lowest BCUT2D eigenvalue weighted by atomic mass is 10.1. The zero-order valence-corrected chi connectivity index (χ0v) is 10.4. The maximum atomic E-state index is 10.9. The first kappa shape index (κ1) is 13.5. The van der Waals surface area contributed by atoms with Crippen molar-refractivity contribution in [3.8, 4) is 5.75 Å². The van der Waals surface area contributed by atoms with Gasteiger partial charge in [-0.2, -0.15) is 0 Å². The van der Waals surface area contributed by atoms with Crippen molar-refractivity contribution in [2.24, 2.45) is 5.18 Å². The third-order valence-corrected chi connectivity index (χ3v) is 2.76. The number of benzene rings is 2. The number of aromatic hydroxyl groups is 1. The molecule has 0 heterocycles. The summed E-state index contributed by atoms with van der Waals surface area (Å²) >= 11 is 0. The zero-order valence-electron chi connectivity index (χ0n) is 10.4. The van der Waals surface area contributed by atoms with E-state index in [1.54, 1.807) is 12.1 Å². The molecule has 0 radical (unpaired) electrons. The number of carbonyl (C=O) groups is 1. The van der Waals surface area contributed by atoms with Crippen LogP contribution in [0.5, 0.6) is 5.75 Å². The Hall–Kier alpha value is -2.89. The Morgan fingerprint density at radius 3 is 2.70 bits per heavy atom. The van der Waals surface area contributed by atoms with E-state index in [-0.39, 0.29) is 23.5 Å². The van der Waals surface area contributed by atoms with Crippen molar-refractivity contribution in [1.82, 2.24) is 0 Å². The number of phenols is 1. The number of carboxylic acids is 1. The maximum Gasteiger partial charge on any atom is 0.335 e. The number of aromatic carboxylic acids is 1. The Morgan fingerprint density at radius 2 is 2.00 bits per heavy atom. The minimum absolute atomic E-state index is 0.0410. The standard InChI is InChI=1S/C14H12N2O4/c17-13-5-4-12(16-20)7-10(13)8-15-11-3-1-2-9(6-11)14(18)19/h1-7,15,17H,8H2,(H,18,19). The highest BCUT2D eigenvalue weighted by Gasteiger charge is 2.05. The number of hydrogen-bond donors (Lipinski definition) is 3. The number of nitrogens with one attached hydrogen (secondary N) is 1. The van der Waals surface area contributed by atoms with Crippen molar-refractivity contribution in [3.63, 3.8) is 0 Å². The van der Waals surface area contributed by atoms with E-state index in [2.05, 4.69) is 10.5 Å². The van der Waals surface area contributed by atoms with E-state index in [1.807, 2.05) is 0 Å². The van der Waals surface area contributed by atoms with Crippen LogP contribution >= 0.6 is 0 Å². The van der Waals surface area contributed by atoms with Crippen LogP contribution in [0.1, 0.15) is 15.9 Å². The molecule has 20 heavy (non-hydrogen) atoms. The number of rotatable bonds is 5. The van der Waals surface area contributed by atoms with Crippen molar-refractivity contribution >= 4 is 17.3 Å². The summed E-state index contributed by atoms with van der Waals surface area (Å²) < 4.78 is 0. The quantitative estimate of drug-likeness (QED) is 0.726. The summed E-state index contributed by atoms with van der Waals surface area (Å²) in [5, 5.41) is 24.3. The average Bonchev–Trinajstić information content (AvgIpc) is 2.46. The molecule has 3 N–H and O–H groups in total. The second-order valence-corrected chi connectivity index (χ2v) is 4.14. The molecule has 2 aromatic carbocycles. The van der Waals surface area contributed by atoms with E-state index < -0.39 is 5.97 Å². The van der Waals surface area contributed by atoms with Gasteiger partial charge in [0.15, 0.2) is 0 Å². The Morgan fingerprint density at radius 1 is 1.20 bits per heavy atom. The largest absolute Gasteiger partial charge is 0.508 e. The fourth-order valence-corrected chi connectivity index (χ4v) is 1.73. The molecule has 2 aromatic rings. The second kappa shape index (κ2) is 5.83. The van der Waals surface area contributed by atoms with E-state index in [0.29, 0.717) is 11.3 Å². The van der Waals surface area contributed by atoms with Gasteiger partial charge in [0.1, 0.15) is 11.4 Å². The summed E-state index contributed by atoms with van der Waals surface area (Å²) in [6.45, 7) is 0.248. The summed E-state index contributed by atoms with van der Waals surface area (Å²) in [6, 6.07) is 10.6. The number of carboxylic acid groups (broad SMARTS) is 1. The molecule has 0 fully saturated rings. The summed E-state index contributed by atoms with van der Waals surface area (Å²) in [6.07, 6.45) is 0. The highest BCUT2D eigenvalue weighted by Crippen LogP contribution is 2.24. The van der Waals surface area contributed by atoms with Crippen molar-refractivity contribution < 1.29 is 15.0 Å². The van der Waals surface area contributed by atoms with Gasteiger partial charge in [-0.25, -0.2) is 4.79 Å². The molecule has 0 aliphatic rings. The fraction of sp³-hybridized carbons (Fsp3) is 0.0714. The first-order valence-electron chi connectivity index (χ1n) is 5.82. The van der Waals surface area contributed by atoms with Gasteiger partial charge < -0.3 is 15.5 Å².